The van der Waals surface area contributed by atoms with E-state index in [1.807, 2.05) is 6.07 Å². The van der Waals surface area contributed by atoms with E-state index in [4.69, 9.17) is 9.47 Å². The number of nitrogens with zero attached hydrogens (tertiary/aromatic N) is 2. The summed E-state index contributed by atoms with van der Waals surface area (Å²) in [5.41, 5.74) is 1.13. The fourth-order valence-corrected chi connectivity index (χ4v) is 4.83. The number of aromatic nitrogens is 1. The Morgan fingerprint density at radius 3 is 2.43 bits per heavy atom. The first-order valence-electron chi connectivity index (χ1n) is 9.02. The highest BCUT2D eigenvalue weighted by Crippen LogP contribution is 2.27. The molecule has 1 aliphatic heterocycles. The van der Waals surface area contributed by atoms with Crippen LogP contribution in [0.25, 0.3) is 0 Å². The van der Waals surface area contributed by atoms with Crippen molar-refractivity contribution >= 4 is 15.9 Å². The lowest BCUT2D eigenvalue weighted by molar-refractivity contribution is 0.0942. The number of amides is 1. The molecule has 2 aromatic rings. The van der Waals surface area contributed by atoms with E-state index in [0.29, 0.717) is 30.3 Å². The Morgan fingerprint density at radius 1 is 1.11 bits per heavy atom. The summed E-state index contributed by atoms with van der Waals surface area (Å²) in [6.07, 6.45) is 3.22. The van der Waals surface area contributed by atoms with Gasteiger partial charge in [-0.05, 0) is 36.6 Å². The van der Waals surface area contributed by atoms with Crippen LogP contribution in [0.4, 0.5) is 0 Å². The quantitative estimate of drug-likeness (QED) is 0.755. The molecule has 1 N–H and O–H groups in total. The van der Waals surface area contributed by atoms with Gasteiger partial charge >= 0.3 is 0 Å². The number of nitrogens with one attached hydrogen (secondary N) is 1. The van der Waals surface area contributed by atoms with Crippen molar-refractivity contribution in [2.24, 2.45) is 7.05 Å². The normalized spacial score (nSPS) is 14.8. The van der Waals surface area contributed by atoms with E-state index in [1.165, 1.54) is 21.1 Å². The number of carbonyl (C=O) groups is 1. The van der Waals surface area contributed by atoms with Crippen LogP contribution in [0.15, 0.2) is 35.4 Å². The SMILES string of the molecule is COc1ccc(CNC(=O)c2cc(S(=O)(=O)N3CCCC3)cn2C)cc1OC. The lowest BCUT2D eigenvalue weighted by atomic mass is 10.2. The predicted octanol–water partition coefficient (Wildman–Crippen LogP) is 1.76. The molecule has 0 saturated carbocycles. The topological polar surface area (TPSA) is 89.9 Å². The van der Waals surface area contributed by atoms with Crippen LogP contribution in [-0.4, -0.2) is 50.5 Å². The molecule has 9 heteroatoms. The number of sulfonamides is 1. The number of carbonyl (C=O) groups excluding carboxylic acids is 1. The van der Waals surface area contributed by atoms with Crippen LogP contribution in [-0.2, 0) is 23.6 Å². The molecule has 0 radical (unpaired) electrons. The summed E-state index contributed by atoms with van der Waals surface area (Å²) in [4.78, 5) is 12.7. The molecule has 0 aliphatic carbocycles. The first-order chi connectivity index (χ1) is 13.4. The molecule has 1 aromatic carbocycles. The summed E-state index contributed by atoms with van der Waals surface area (Å²) < 4.78 is 38.8. The number of hydrogen-bond donors (Lipinski definition) is 1. The van der Waals surface area contributed by atoms with Gasteiger partial charge in [-0.2, -0.15) is 4.31 Å². The number of hydrogen-bond acceptors (Lipinski definition) is 5. The fraction of sp³-hybridized carbons (Fsp3) is 0.421. The van der Waals surface area contributed by atoms with Crippen LogP contribution in [0.5, 0.6) is 11.5 Å². The van der Waals surface area contributed by atoms with Gasteiger partial charge in [-0.25, -0.2) is 8.42 Å². The van der Waals surface area contributed by atoms with Gasteiger partial charge in [0.15, 0.2) is 11.5 Å². The Hall–Kier alpha value is -2.52. The second kappa shape index (κ2) is 8.24. The number of rotatable bonds is 7. The second-order valence-electron chi connectivity index (χ2n) is 6.66. The van der Waals surface area contributed by atoms with Crippen molar-refractivity contribution in [3.8, 4) is 11.5 Å². The minimum absolute atomic E-state index is 0.146. The fourth-order valence-electron chi connectivity index (χ4n) is 3.24. The first-order valence-corrected chi connectivity index (χ1v) is 10.5. The Kier molecular flexibility index (Phi) is 5.95. The molecule has 0 unspecified atom stereocenters. The zero-order valence-corrected chi connectivity index (χ0v) is 17.1. The zero-order chi connectivity index (χ0) is 20.3. The third-order valence-electron chi connectivity index (χ3n) is 4.82. The van der Waals surface area contributed by atoms with Crippen LogP contribution in [0.1, 0.15) is 28.9 Å². The van der Waals surface area contributed by atoms with Crippen LogP contribution < -0.4 is 14.8 Å². The van der Waals surface area contributed by atoms with E-state index in [9.17, 15) is 13.2 Å². The molecule has 0 spiro atoms. The van der Waals surface area contributed by atoms with Gasteiger partial charge in [-0.15, -0.1) is 0 Å². The van der Waals surface area contributed by atoms with E-state index >= 15 is 0 Å². The molecule has 1 aliphatic rings. The lowest BCUT2D eigenvalue weighted by Crippen LogP contribution is -2.27. The number of benzene rings is 1. The Balaban J connectivity index is 1.72. The van der Waals surface area contributed by atoms with Crippen molar-refractivity contribution in [1.29, 1.82) is 0 Å². The molecular weight excluding hydrogens is 382 g/mol. The van der Waals surface area contributed by atoms with Crippen LogP contribution in [0.3, 0.4) is 0 Å². The molecule has 28 heavy (non-hydrogen) atoms. The maximum atomic E-state index is 12.7. The monoisotopic (exact) mass is 407 g/mol. The highest BCUT2D eigenvalue weighted by molar-refractivity contribution is 7.89. The number of ether oxygens (including phenoxy) is 2. The standard InChI is InChI=1S/C19H25N3O5S/c1-21-13-15(28(24,25)22-8-4-5-9-22)11-16(21)19(23)20-12-14-6-7-17(26-2)18(10-14)27-3/h6-7,10-11,13H,4-5,8-9,12H2,1-3H3,(H,20,23). The molecule has 1 amide bonds. The third-order valence-corrected chi connectivity index (χ3v) is 6.68. The predicted molar refractivity (Wildman–Crippen MR) is 104 cm³/mol. The average molecular weight is 407 g/mol. The molecular formula is C19H25N3O5S. The maximum Gasteiger partial charge on any atom is 0.268 e. The smallest absolute Gasteiger partial charge is 0.268 e. The van der Waals surface area contributed by atoms with Crippen molar-refractivity contribution in [2.45, 2.75) is 24.3 Å². The number of methoxy groups -OCH3 is 2. The molecule has 1 fully saturated rings. The molecule has 2 heterocycles. The Bertz CT molecular complexity index is 962. The minimum atomic E-state index is -3.56. The Labute approximate surface area is 165 Å². The first kappa shape index (κ1) is 20.2. The highest BCUT2D eigenvalue weighted by atomic mass is 32.2. The summed E-state index contributed by atoms with van der Waals surface area (Å²) >= 11 is 0. The van der Waals surface area contributed by atoms with Gasteiger partial charge in [0.1, 0.15) is 10.6 Å². The summed E-state index contributed by atoms with van der Waals surface area (Å²) in [5.74, 6) is 0.837. The highest BCUT2D eigenvalue weighted by Gasteiger charge is 2.29. The van der Waals surface area contributed by atoms with Crippen LogP contribution in [0, 0.1) is 0 Å². The van der Waals surface area contributed by atoms with Crippen molar-refractivity contribution in [1.82, 2.24) is 14.2 Å². The van der Waals surface area contributed by atoms with Gasteiger partial charge in [0.2, 0.25) is 10.0 Å². The van der Waals surface area contributed by atoms with Crippen molar-refractivity contribution < 1.29 is 22.7 Å². The molecule has 152 valence electrons. The van der Waals surface area contributed by atoms with E-state index in [0.717, 1.165) is 18.4 Å². The van der Waals surface area contributed by atoms with Gasteiger partial charge in [0.05, 0.1) is 14.2 Å². The molecule has 1 aromatic heterocycles. The summed E-state index contributed by atoms with van der Waals surface area (Å²) in [6, 6.07) is 6.81. The third kappa shape index (κ3) is 4.00. The average Bonchev–Trinajstić information content (AvgIpc) is 3.36. The minimum Gasteiger partial charge on any atom is -0.493 e. The van der Waals surface area contributed by atoms with Crippen LogP contribution >= 0.6 is 0 Å². The van der Waals surface area contributed by atoms with Crippen molar-refractivity contribution in [2.75, 3.05) is 27.3 Å². The zero-order valence-electron chi connectivity index (χ0n) is 16.3. The molecule has 1 saturated heterocycles. The molecule has 8 nitrogen and oxygen atoms in total. The van der Waals surface area contributed by atoms with E-state index < -0.39 is 10.0 Å². The lowest BCUT2D eigenvalue weighted by Gasteiger charge is -2.13. The molecule has 0 atom stereocenters. The van der Waals surface area contributed by atoms with Gasteiger partial charge < -0.3 is 19.4 Å². The second-order valence-corrected chi connectivity index (χ2v) is 8.59. The Morgan fingerprint density at radius 2 is 1.79 bits per heavy atom. The van der Waals surface area contributed by atoms with Gasteiger partial charge in [0, 0.05) is 32.9 Å². The van der Waals surface area contributed by atoms with E-state index in [2.05, 4.69) is 5.32 Å². The largest absolute Gasteiger partial charge is 0.493 e. The molecule has 3 rings (SSSR count). The molecule has 0 bridgehead atoms. The summed E-state index contributed by atoms with van der Waals surface area (Å²) in [5, 5.41) is 2.81. The van der Waals surface area contributed by atoms with Crippen LogP contribution in [0.2, 0.25) is 0 Å². The van der Waals surface area contributed by atoms with Gasteiger partial charge in [-0.1, -0.05) is 6.07 Å². The van der Waals surface area contributed by atoms with Gasteiger partial charge in [-0.3, -0.25) is 4.79 Å². The van der Waals surface area contributed by atoms with E-state index in [1.54, 1.807) is 33.4 Å². The summed E-state index contributed by atoms with van der Waals surface area (Å²) in [6.45, 7) is 1.33. The van der Waals surface area contributed by atoms with Crippen molar-refractivity contribution in [3.05, 3.63) is 41.7 Å². The van der Waals surface area contributed by atoms with Gasteiger partial charge in [0.25, 0.3) is 5.91 Å². The van der Waals surface area contributed by atoms with Crippen molar-refractivity contribution in [3.63, 3.8) is 0 Å². The number of aryl methyl sites for hydroxylation is 1. The van der Waals surface area contributed by atoms with E-state index in [-0.39, 0.29) is 17.3 Å². The maximum absolute atomic E-state index is 12.7. The summed E-state index contributed by atoms with van der Waals surface area (Å²) in [7, 11) is 1.21.